The molecule has 1 aromatic heterocycles. The highest BCUT2D eigenvalue weighted by Crippen LogP contribution is 2.43. The van der Waals surface area contributed by atoms with Crippen molar-refractivity contribution in [3.05, 3.63) is 58.8 Å². The van der Waals surface area contributed by atoms with Crippen molar-refractivity contribution >= 4 is 46.5 Å². The van der Waals surface area contributed by atoms with Crippen LogP contribution in [0.3, 0.4) is 0 Å². The van der Waals surface area contributed by atoms with Crippen LogP contribution in [0.2, 0.25) is 5.02 Å². The molecule has 2 aliphatic rings. The van der Waals surface area contributed by atoms with Gasteiger partial charge < -0.3 is 20.0 Å². The van der Waals surface area contributed by atoms with Crippen LogP contribution < -0.4 is 20.0 Å². The second-order valence-corrected chi connectivity index (χ2v) is 12.0. The highest BCUT2D eigenvalue weighted by molar-refractivity contribution is 6.34. The lowest BCUT2D eigenvalue weighted by Gasteiger charge is -2.39. The van der Waals surface area contributed by atoms with Crippen LogP contribution in [0.15, 0.2) is 42.5 Å². The molecule has 45 heavy (non-hydrogen) atoms. The van der Waals surface area contributed by atoms with Crippen molar-refractivity contribution in [2.75, 3.05) is 62.0 Å². The molecule has 244 valence electrons. The maximum atomic E-state index is 15.5. The zero-order valence-corrected chi connectivity index (χ0v) is 26.3. The molecule has 3 atom stereocenters. The van der Waals surface area contributed by atoms with Crippen molar-refractivity contribution < 1.29 is 31.9 Å². The van der Waals surface area contributed by atoms with Gasteiger partial charge in [-0.1, -0.05) is 23.7 Å². The first-order valence-electron chi connectivity index (χ1n) is 14.6. The van der Waals surface area contributed by atoms with Crippen LogP contribution in [0, 0.1) is 12.8 Å². The van der Waals surface area contributed by atoms with Crippen LogP contribution in [-0.4, -0.2) is 87.1 Å². The molecule has 0 spiro atoms. The molecule has 3 amide bonds. The maximum Gasteiger partial charge on any atom is 0.416 e. The SMILES string of the molecule is Cc1cc(C(F)(F)F)cc(N2C(=O)C[C@@H]3CN(CC(F)CCCNC(=O)/C=C/CN(C)C)c4c(Cl)cccc4N(C)C(=O)[C@H]32)n1. The number of nitrogens with zero attached hydrogens (tertiary/aromatic N) is 5. The second kappa shape index (κ2) is 14.2. The molecule has 9 nitrogen and oxygen atoms in total. The van der Waals surface area contributed by atoms with Crippen LogP contribution in [0.25, 0.3) is 0 Å². The number of benzene rings is 1. The number of amides is 3. The number of hydrogen-bond donors (Lipinski definition) is 1. The van der Waals surface area contributed by atoms with Gasteiger partial charge in [-0.2, -0.15) is 13.2 Å². The van der Waals surface area contributed by atoms with Gasteiger partial charge in [-0.25, -0.2) is 9.37 Å². The Bertz CT molecular complexity index is 1450. The highest BCUT2D eigenvalue weighted by atomic mass is 35.5. The lowest BCUT2D eigenvalue weighted by atomic mass is 9.95. The fourth-order valence-electron chi connectivity index (χ4n) is 5.73. The number of aryl methyl sites for hydroxylation is 1. The predicted molar refractivity (Wildman–Crippen MR) is 165 cm³/mol. The number of anilines is 3. The van der Waals surface area contributed by atoms with E-state index >= 15 is 4.39 Å². The first-order valence-corrected chi connectivity index (χ1v) is 15.0. The van der Waals surface area contributed by atoms with Crippen molar-refractivity contribution in [2.45, 2.75) is 44.6 Å². The van der Waals surface area contributed by atoms with E-state index in [4.69, 9.17) is 11.6 Å². The lowest BCUT2D eigenvalue weighted by Crippen LogP contribution is -2.53. The summed E-state index contributed by atoms with van der Waals surface area (Å²) in [6.45, 7) is 2.21. The monoisotopic (exact) mass is 652 g/mol. The molecule has 14 heteroatoms. The number of hydrogen-bond acceptors (Lipinski definition) is 6. The number of nitrogens with one attached hydrogen (secondary N) is 1. The summed E-state index contributed by atoms with van der Waals surface area (Å²) in [6, 6.07) is 5.39. The molecule has 0 bridgehead atoms. The van der Waals surface area contributed by atoms with Crippen molar-refractivity contribution in [3.63, 3.8) is 0 Å². The van der Waals surface area contributed by atoms with Crippen molar-refractivity contribution in [2.24, 2.45) is 5.92 Å². The summed E-state index contributed by atoms with van der Waals surface area (Å²) < 4.78 is 56.4. The summed E-state index contributed by atoms with van der Waals surface area (Å²) in [5, 5.41) is 3.02. The number of halogens is 5. The standard InChI is InChI=1S/C31H37ClF4N6O3/c1-19-14-21(31(34,35)36)16-25(38-19)42-27(44)15-20-17-41(18-22(33)8-6-12-37-26(43)11-7-13-39(2)3)29-23(32)9-5-10-24(29)40(4)30(45)28(20)42/h5,7,9-11,14,16,20,22,28H,6,8,12-13,15,17-18H2,1-4H3,(H,37,43)/b11-7+/t20-,22?,28+/m1/s1. The molecular formula is C31H37ClF4N6O3. The van der Waals surface area contributed by atoms with Gasteiger partial charge >= 0.3 is 6.18 Å². The van der Waals surface area contributed by atoms with E-state index in [9.17, 15) is 27.6 Å². The molecule has 0 aliphatic carbocycles. The van der Waals surface area contributed by atoms with E-state index in [1.165, 1.54) is 24.9 Å². The topological polar surface area (TPSA) is 89.1 Å². The fourth-order valence-corrected chi connectivity index (χ4v) is 6.01. The van der Waals surface area contributed by atoms with Crippen LogP contribution in [-0.2, 0) is 20.6 Å². The number of rotatable bonds is 10. The molecular weight excluding hydrogens is 616 g/mol. The Hall–Kier alpha value is -3.71. The smallest absolute Gasteiger partial charge is 0.365 e. The predicted octanol–water partition coefficient (Wildman–Crippen LogP) is 4.62. The van der Waals surface area contributed by atoms with Gasteiger partial charge in [0.05, 0.1) is 22.0 Å². The third-order valence-electron chi connectivity index (χ3n) is 7.78. The quantitative estimate of drug-likeness (QED) is 0.229. The summed E-state index contributed by atoms with van der Waals surface area (Å²) in [5.74, 6) is -2.28. The number of carbonyl (C=O) groups excluding carboxylic acids is 3. The zero-order valence-electron chi connectivity index (χ0n) is 25.6. The Morgan fingerprint density at radius 3 is 2.67 bits per heavy atom. The van der Waals surface area contributed by atoms with E-state index in [0.717, 1.165) is 17.0 Å². The number of aromatic nitrogens is 1. The molecule has 1 saturated heterocycles. The number of likely N-dealkylation sites (N-methyl/N-ethyl adjacent to an activating group) is 2. The van der Waals surface area contributed by atoms with E-state index in [1.54, 1.807) is 29.2 Å². The van der Waals surface area contributed by atoms with E-state index in [2.05, 4.69) is 10.3 Å². The average Bonchev–Trinajstić information content (AvgIpc) is 3.27. The van der Waals surface area contributed by atoms with Crippen molar-refractivity contribution in [1.29, 1.82) is 0 Å². The summed E-state index contributed by atoms with van der Waals surface area (Å²) in [6.07, 6.45) is -2.53. The molecule has 3 heterocycles. The normalized spacial score (nSPS) is 19.6. The Labute approximate surface area is 264 Å². The van der Waals surface area contributed by atoms with E-state index in [0.29, 0.717) is 24.3 Å². The molecule has 4 rings (SSSR count). The fraction of sp³-hybridized carbons (Fsp3) is 0.484. The summed E-state index contributed by atoms with van der Waals surface area (Å²) >= 11 is 6.60. The summed E-state index contributed by atoms with van der Waals surface area (Å²) in [4.78, 5) is 49.4. The van der Waals surface area contributed by atoms with E-state index in [-0.39, 0.29) is 54.9 Å². The maximum absolute atomic E-state index is 15.5. The largest absolute Gasteiger partial charge is 0.416 e. The number of fused-ring (bicyclic) bond motifs is 2. The van der Waals surface area contributed by atoms with Gasteiger partial charge in [0.2, 0.25) is 17.7 Å². The van der Waals surface area contributed by atoms with E-state index in [1.807, 2.05) is 19.0 Å². The molecule has 0 radical (unpaired) electrons. The number of alkyl halides is 4. The second-order valence-electron chi connectivity index (χ2n) is 11.6. The third-order valence-corrected chi connectivity index (χ3v) is 8.08. The van der Waals surface area contributed by atoms with Gasteiger partial charge in [-0.05, 0) is 58.1 Å². The van der Waals surface area contributed by atoms with Crippen LogP contribution in [0.5, 0.6) is 0 Å². The van der Waals surface area contributed by atoms with Gasteiger partial charge in [0.25, 0.3) is 0 Å². The minimum absolute atomic E-state index is 0.0440. The molecule has 1 fully saturated rings. The number of pyridine rings is 1. The van der Waals surface area contributed by atoms with Crippen LogP contribution in [0.4, 0.5) is 34.8 Å². The van der Waals surface area contributed by atoms with Gasteiger partial charge in [-0.15, -0.1) is 0 Å². The third kappa shape index (κ3) is 8.12. The van der Waals surface area contributed by atoms with Gasteiger partial charge in [0.1, 0.15) is 18.0 Å². The minimum atomic E-state index is -4.68. The molecule has 0 saturated carbocycles. The first kappa shape index (κ1) is 34.2. The molecule has 1 N–H and O–H groups in total. The van der Waals surface area contributed by atoms with Crippen molar-refractivity contribution in [1.82, 2.24) is 15.2 Å². The van der Waals surface area contributed by atoms with Crippen molar-refractivity contribution in [3.8, 4) is 0 Å². The molecule has 1 unspecified atom stereocenters. The van der Waals surface area contributed by atoms with Crippen LogP contribution in [0.1, 0.15) is 30.5 Å². The van der Waals surface area contributed by atoms with Gasteiger partial charge in [0, 0.05) is 57.3 Å². The molecule has 2 aromatic rings. The number of carbonyl (C=O) groups is 3. The Balaban J connectivity index is 1.57. The highest BCUT2D eigenvalue weighted by Gasteiger charge is 2.49. The Kier molecular flexibility index (Phi) is 10.7. The molecule has 2 aliphatic heterocycles. The van der Waals surface area contributed by atoms with E-state index < -0.39 is 41.7 Å². The minimum Gasteiger partial charge on any atom is -0.365 e. The summed E-state index contributed by atoms with van der Waals surface area (Å²) in [5.41, 5.74) is -0.132. The molecule has 1 aromatic carbocycles. The first-order chi connectivity index (χ1) is 21.2. The zero-order chi connectivity index (χ0) is 33.1. The van der Waals surface area contributed by atoms with Crippen LogP contribution >= 0.6 is 11.6 Å². The lowest BCUT2D eigenvalue weighted by molar-refractivity contribution is -0.137. The Morgan fingerprint density at radius 2 is 1.98 bits per heavy atom. The van der Waals surface area contributed by atoms with Gasteiger partial charge in [-0.3, -0.25) is 19.3 Å². The average molecular weight is 653 g/mol. The number of para-hydroxylation sites is 1. The Morgan fingerprint density at radius 1 is 1.24 bits per heavy atom. The summed E-state index contributed by atoms with van der Waals surface area (Å²) in [7, 11) is 5.25. The van der Waals surface area contributed by atoms with Gasteiger partial charge in [0.15, 0.2) is 0 Å².